The van der Waals surface area contributed by atoms with Crippen LogP contribution in [-0.4, -0.2) is 45.9 Å². The molecule has 0 aromatic heterocycles. The Morgan fingerprint density at radius 1 is 1.71 bits per heavy atom. The van der Waals surface area contributed by atoms with Crippen LogP contribution in [0.15, 0.2) is 5.11 Å². The van der Waals surface area contributed by atoms with E-state index in [1.807, 2.05) is 0 Å². The lowest BCUT2D eigenvalue weighted by molar-refractivity contribution is 0.0339. The molecular formula is C7H12N4O3. The van der Waals surface area contributed by atoms with Crippen molar-refractivity contribution in [1.82, 2.24) is 4.90 Å². The average Bonchev–Trinajstić information content (AvgIpc) is 2.09. The van der Waals surface area contributed by atoms with E-state index in [9.17, 15) is 9.90 Å². The molecule has 1 aliphatic rings. The predicted molar refractivity (Wildman–Crippen MR) is 47.8 cm³/mol. The van der Waals surface area contributed by atoms with Crippen LogP contribution < -0.4 is 0 Å². The van der Waals surface area contributed by atoms with Gasteiger partial charge in [0.05, 0.1) is 12.1 Å². The molecule has 1 fully saturated rings. The number of carbonyl (C=O) groups is 1. The lowest BCUT2D eigenvalue weighted by Gasteiger charge is -2.37. The number of hydrogen-bond donors (Lipinski definition) is 2. The smallest absolute Gasteiger partial charge is 0.407 e. The van der Waals surface area contributed by atoms with Crippen LogP contribution >= 0.6 is 0 Å². The number of rotatable bonds is 1. The highest BCUT2D eigenvalue weighted by atomic mass is 16.4. The maximum Gasteiger partial charge on any atom is 0.407 e. The van der Waals surface area contributed by atoms with Crippen molar-refractivity contribution in [1.29, 1.82) is 0 Å². The highest BCUT2D eigenvalue weighted by Crippen LogP contribution is 2.20. The van der Waals surface area contributed by atoms with Gasteiger partial charge in [-0.1, -0.05) is 5.11 Å². The van der Waals surface area contributed by atoms with Crippen molar-refractivity contribution in [2.75, 3.05) is 6.54 Å². The van der Waals surface area contributed by atoms with Crippen molar-refractivity contribution in [2.45, 2.75) is 31.5 Å². The molecule has 1 saturated heterocycles. The van der Waals surface area contributed by atoms with Gasteiger partial charge in [-0.05, 0) is 18.9 Å². The van der Waals surface area contributed by atoms with Gasteiger partial charge in [-0.2, -0.15) is 0 Å². The summed E-state index contributed by atoms with van der Waals surface area (Å²) in [4.78, 5) is 14.5. The minimum atomic E-state index is -1.05. The number of azide groups is 1. The average molecular weight is 200 g/mol. The number of amides is 1. The summed E-state index contributed by atoms with van der Waals surface area (Å²) in [5.74, 6) is 0. The van der Waals surface area contributed by atoms with Gasteiger partial charge < -0.3 is 15.1 Å². The van der Waals surface area contributed by atoms with E-state index in [0.29, 0.717) is 6.42 Å². The van der Waals surface area contributed by atoms with Gasteiger partial charge in [0.15, 0.2) is 0 Å². The van der Waals surface area contributed by atoms with Crippen molar-refractivity contribution in [3.63, 3.8) is 0 Å². The molecule has 0 bridgehead atoms. The maximum absolute atomic E-state index is 10.7. The Kier molecular flexibility index (Phi) is 3.16. The molecule has 1 amide bonds. The number of likely N-dealkylation sites (tertiary alicyclic amines) is 1. The van der Waals surface area contributed by atoms with Crippen LogP contribution in [-0.2, 0) is 0 Å². The Hall–Kier alpha value is -1.46. The van der Waals surface area contributed by atoms with Gasteiger partial charge in [0.1, 0.15) is 0 Å². The van der Waals surface area contributed by atoms with Crippen molar-refractivity contribution in [3.8, 4) is 0 Å². The minimum Gasteiger partial charge on any atom is -0.465 e. The first-order valence-corrected chi connectivity index (χ1v) is 4.28. The highest BCUT2D eigenvalue weighted by Gasteiger charge is 2.34. The fraction of sp³-hybridized carbons (Fsp3) is 0.857. The van der Waals surface area contributed by atoms with Gasteiger partial charge in [-0.3, -0.25) is 0 Å². The van der Waals surface area contributed by atoms with Crippen LogP contribution in [0.4, 0.5) is 4.79 Å². The quantitative estimate of drug-likeness (QED) is 0.371. The molecular weight excluding hydrogens is 188 g/mol. The van der Waals surface area contributed by atoms with Crippen LogP contribution in [0.2, 0.25) is 0 Å². The molecule has 0 saturated carbocycles. The number of piperidine rings is 1. The fourth-order valence-corrected chi connectivity index (χ4v) is 1.58. The lowest BCUT2D eigenvalue weighted by Crippen LogP contribution is -2.52. The molecule has 2 N–H and O–H groups in total. The monoisotopic (exact) mass is 200 g/mol. The summed E-state index contributed by atoms with van der Waals surface area (Å²) in [6.07, 6.45) is -1.50. The van der Waals surface area contributed by atoms with E-state index >= 15 is 0 Å². The van der Waals surface area contributed by atoms with E-state index in [1.165, 1.54) is 4.90 Å². The van der Waals surface area contributed by atoms with Gasteiger partial charge in [0.2, 0.25) is 0 Å². The zero-order chi connectivity index (χ0) is 10.7. The summed E-state index contributed by atoms with van der Waals surface area (Å²) in [6, 6.07) is -0.917. The predicted octanol–water partition coefficient (Wildman–Crippen LogP) is 0.798. The fourth-order valence-electron chi connectivity index (χ4n) is 1.58. The zero-order valence-corrected chi connectivity index (χ0v) is 7.74. The van der Waals surface area contributed by atoms with Crippen LogP contribution in [0.3, 0.4) is 0 Å². The Bertz CT molecular complexity index is 264. The van der Waals surface area contributed by atoms with E-state index in [4.69, 9.17) is 10.6 Å². The molecule has 0 aromatic carbocycles. The number of aliphatic hydroxyl groups is 1. The lowest BCUT2D eigenvalue weighted by atomic mass is 9.97. The second kappa shape index (κ2) is 4.17. The van der Waals surface area contributed by atoms with E-state index in [1.54, 1.807) is 6.92 Å². The molecule has 7 nitrogen and oxygen atoms in total. The molecule has 0 aromatic rings. The molecule has 14 heavy (non-hydrogen) atoms. The number of carboxylic acid groups (broad SMARTS) is 1. The van der Waals surface area contributed by atoms with Crippen LogP contribution in [0.1, 0.15) is 13.3 Å². The number of hydrogen-bond acceptors (Lipinski definition) is 3. The first kappa shape index (κ1) is 10.6. The van der Waals surface area contributed by atoms with E-state index < -0.39 is 18.2 Å². The molecule has 7 heteroatoms. The Morgan fingerprint density at radius 2 is 2.36 bits per heavy atom. The summed E-state index contributed by atoms with van der Waals surface area (Å²) >= 11 is 0. The molecule has 1 aliphatic heterocycles. The molecule has 0 unspecified atom stereocenters. The molecule has 3 atom stereocenters. The van der Waals surface area contributed by atoms with Crippen LogP contribution in [0.5, 0.6) is 0 Å². The summed E-state index contributed by atoms with van der Waals surface area (Å²) in [5.41, 5.74) is 8.21. The Morgan fingerprint density at radius 3 is 2.86 bits per heavy atom. The summed E-state index contributed by atoms with van der Waals surface area (Å²) < 4.78 is 0. The molecule has 0 radical (unpaired) electrons. The molecule has 78 valence electrons. The van der Waals surface area contributed by atoms with E-state index in [-0.39, 0.29) is 12.6 Å². The third-order valence-corrected chi connectivity index (χ3v) is 2.39. The zero-order valence-electron chi connectivity index (χ0n) is 7.74. The van der Waals surface area contributed by atoms with Crippen LogP contribution in [0.25, 0.3) is 10.4 Å². The topological polar surface area (TPSA) is 110 Å². The maximum atomic E-state index is 10.7. The summed E-state index contributed by atoms with van der Waals surface area (Å²) in [7, 11) is 0. The van der Waals surface area contributed by atoms with Gasteiger partial charge >= 0.3 is 6.09 Å². The molecule has 0 spiro atoms. The second-order valence-corrected chi connectivity index (χ2v) is 3.36. The Labute approximate surface area is 80.6 Å². The number of nitrogens with zero attached hydrogens (tertiary/aromatic N) is 4. The largest absolute Gasteiger partial charge is 0.465 e. The molecule has 0 aliphatic carbocycles. The first-order chi connectivity index (χ1) is 6.56. The second-order valence-electron chi connectivity index (χ2n) is 3.36. The highest BCUT2D eigenvalue weighted by molar-refractivity contribution is 5.65. The van der Waals surface area contributed by atoms with E-state index in [0.717, 1.165) is 0 Å². The van der Waals surface area contributed by atoms with Crippen molar-refractivity contribution < 1.29 is 15.0 Å². The van der Waals surface area contributed by atoms with Gasteiger partial charge in [-0.15, -0.1) is 0 Å². The summed E-state index contributed by atoms with van der Waals surface area (Å²) in [5, 5.41) is 21.6. The van der Waals surface area contributed by atoms with Crippen LogP contribution in [0, 0.1) is 0 Å². The van der Waals surface area contributed by atoms with Crippen molar-refractivity contribution in [2.24, 2.45) is 5.11 Å². The van der Waals surface area contributed by atoms with Gasteiger partial charge in [0, 0.05) is 17.5 Å². The summed E-state index contributed by atoms with van der Waals surface area (Å²) in [6.45, 7) is 1.77. The molecule has 1 rings (SSSR count). The van der Waals surface area contributed by atoms with E-state index in [2.05, 4.69) is 10.0 Å². The third kappa shape index (κ3) is 2.07. The minimum absolute atomic E-state index is 0.0573. The van der Waals surface area contributed by atoms with Crippen molar-refractivity contribution in [3.05, 3.63) is 10.4 Å². The normalized spacial score (nSPS) is 32.1. The third-order valence-electron chi connectivity index (χ3n) is 2.39. The standard InChI is InChI=1S/C7H12N4O3/c1-4-2-6(12)5(9-10-8)3-11(4)7(13)14/h4-6,12H,2-3H2,1H3,(H,13,14)/t4-,5-,6-/m0/s1. The van der Waals surface area contributed by atoms with Gasteiger partial charge in [-0.25, -0.2) is 4.79 Å². The first-order valence-electron chi connectivity index (χ1n) is 4.28. The Balaban J connectivity index is 2.74. The SMILES string of the molecule is C[C@H]1C[C@H](O)[C@@H](N=[N+]=[N-])CN1C(=O)O. The molecule has 1 heterocycles. The number of aliphatic hydroxyl groups excluding tert-OH is 1. The van der Waals surface area contributed by atoms with Crippen molar-refractivity contribution >= 4 is 6.09 Å². The van der Waals surface area contributed by atoms with Gasteiger partial charge in [0.25, 0.3) is 0 Å².